The Balaban J connectivity index is 2.11. The molecule has 3 rings (SSSR count). The number of halogens is 2. The van der Waals surface area contributed by atoms with Crippen molar-refractivity contribution in [1.29, 1.82) is 0 Å². The Kier molecular flexibility index (Phi) is 4.99. The molecular weight excluding hydrogens is 379 g/mol. The van der Waals surface area contributed by atoms with Crippen LogP contribution in [0.5, 0.6) is 0 Å². The van der Waals surface area contributed by atoms with Gasteiger partial charge >= 0.3 is 0 Å². The van der Waals surface area contributed by atoms with Crippen LogP contribution >= 0.6 is 23.2 Å². The number of anilines is 1. The lowest BCUT2D eigenvalue weighted by Gasteiger charge is -2.23. The lowest BCUT2D eigenvalue weighted by atomic mass is 10.0. The van der Waals surface area contributed by atoms with E-state index in [1.807, 2.05) is 42.5 Å². The summed E-state index contributed by atoms with van der Waals surface area (Å²) in [6, 6.07) is 19.6. The van der Waals surface area contributed by atoms with E-state index in [1.165, 1.54) is 23.5 Å². The van der Waals surface area contributed by atoms with Crippen molar-refractivity contribution in [2.45, 2.75) is 4.90 Å². The van der Waals surface area contributed by atoms with Crippen LogP contribution in [0.15, 0.2) is 71.6 Å². The highest BCUT2D eigenvalue weighted by Crippen LogP contribution is 2.34. The second-order valence-electron chi connectivity index (χ2n) is 5.28. The fourth-order valence-corrected chi connectivity index (χ4v) is 4.33. The third-order valence-corrected chi connectivity index (χ3v) is 6.16. The van der Waals surface area contributed by atoms with Crippen LogP contribution in [0.1, 0.15) is 0 Å². The number of rotatable bonds is 4. The third-order valence-electron chi connectivity index (χ3n) is 3.75. The Morgan fingerprint density at radius 1 is 0.880 bits per heavy atom. The van der Waals surface area contributed by atoms with Crippen LogP contribution in [-0.2, 0) is 10.0 Å². The highest BCUT2D eigenvalue weighted by atomic mass is 35.5. The molecule has 0 aliphatic rings. The zero-order valence-corrected chi connectivity index (χ0v) is 15.6. The standard InChI is InChI=1S/C18H14Cl2N2O2S/c1-22(25(23,24)16-11-12-17(19)21-18(16)20)15-10-6-5-9-14(15)13-7-3-2-4-8-13/h2-12H,1H3. The summed E-state index contributed by atoms with van der Waals surface area (Å²) in [5, 5.41) is -0.0205. The minimum absolute atomic E-state index is 0.0936. The largest absolute Gasteiger partial charge is 0.269 e. The third kappa shape index (κ3) is 3.49. The van der Waals surface area contributed by atoms with E-state index in [1.54, 1.807) is 12.1 Å². The Bertz CT molecular complexity index is 1010. The van der Waals surface area contributed by atoms with Crippen molar-refractivity contribution in [3.8, 4) is 11.1 Å². The van der Waals surface area contributed by atoms with Gasteiger partial charge in [-0.2, -0.15) is 0 Å². The van der Waals surface area contributed by atoms with E-state index in [9.17, 15) is 8.42 Å². The SMILES string of the molecule is CN(c1ccccc1-c1ccccc1)S(=O)(=O)c1ccc(Cl)nc1Cl. The molecule has 2 aromatic carbocycles. The lowest BCUT2D eigenvalue weighted by molar-refractivity contribution is 0.594. The quantitative estimate of drug-likeness (QED) is 0.594. The molecule has 0 aliphatic carbocycles. The predicted octanol–water partition coefficient (Wildman–Crippen LogP) is 4.88. The average molecular weight is 393 g/mol. The van der Waals surface area contributed by atoms with Gasteiger partial charge in [-0.25, -0.2) is 13.4 Å². The topological polar surface area (TPSA) is 50.3 Å². The predicted molar refractivity (Wildman–Crippen MR) is 102 cm³/mol. The van der Waals surface area contributed by atoms with Gasteiger partial charge in [-0.1, -0.05) is 71.7 Å². The van der Waals surface area contributed by atoms with Crippen molar-refractivity contribution in [3.63, 3.8) is 0 Å². The van der Waals surface area contributed by atoms with Crippen LogP contribution in [0.4, 0.5) is 5.69 Å². The smallest absolute Gasteiger partial charge is 0.267 e. The summed E-state index contributed by atoms with van der Waals surface area (Å²) >= 11 is 11.8. The van der Waals surface area contributed by atoms with E-state index in [4.69, 9.17) is 23.2 Å². The Hall–Kier alpha value is -2.08. The van der Waals surface area contributed by atoms with Crippen LogP contribution in [0.2, 0.25) is 10.3 Å². The van der Waals surface area contributed by atoms with E-state index in [-0.39, 0.29) is 15.2 Å². The Morgan fingerprint density at radius 2 is 1.52 bits per heavy atom. The minimum atomic E-state index is -3.89. The molecule has 7 heteroatoms. The van der Waals surface area contributed by atoms with Crippen molar-refractivity contribution >= 4 is 38.9 Å². The Morgan fingerprint density at radius 3 is 2.20 bits per heavy atom. The maximum atomic E-state index is 13.0. The van der Waals surface area contributed by atoms with Crippen LogP contribution in [0, 0.1) is 0 Å². The highest BCUT2D eigenvalue weighted by Gasteiger charge is 2.26. The van der Waals surface area contributed by atoms with Gasteiger partial charge in [-0.15, -0.1) is 0 Å². The summed E-state index contributed by atoms with van der Waals surface area (Å²) in [6.07, 6.45) is 0. The monoisotopic (exact) mass is 392 g/mol. The first-order chi connectivity index (χ1) is 11.9. The maximum Gasteiger partial charge on any atom is 0.267 e. The fourth-order valence-electron chi connectivity index (χ4n) is 2.48. The van der Waals surface area contributed by atoms with Gasteiger partial charge in [0.05, 0.1) is 5.69 Å². The molecule has 0 saturated heterocycles. The summed E-state index contributed by atoms with van der Waals surface area (Å²) < 4.78 is 27.2. The summed E-state index contributed by atoms with van der Waals surface area (Å²) in [4.78, 5) is 3.73. The van der Waals surface area contributed by atoms with Gasteiger partial charge < -0.3 is 0 Å². The summed E-state index contributed by atoms with van der Waals surface area (Å²) in [5.41, 5.74) is 2.26. The maximum absolute atomic E-state index is 13.0. The van der Waals surface area contributed by atoms with Crippen LogP contribution in [-0.4, -0.2) is 20.4 Å². The van der Waals surface area contributed by atoms with Gasteiger partial charge in [0.25, 0.3) is 10.0 Å². The first-order valence-corrected chi connectivity index (χ1v) is 9.56. The molecule has 3 aromatic rings. The Labute approximate surface area is 156 Å². The van der Waals surface area contributed by atoms with Crippen molar-refractivity contribution < 1.29 is 8.42 Å². The van der Waals surface area contributed by atoms with Crippen LogP contribution in [0.25, 0.3) is 11.1 Å². The number of nitrogens with zero attached hydrogens (tertiary/aromatic N) is 2. The molecule has 0 atom stereocenters. The molecular formula is C18H14Cl2N2O2S. The minimum Gasteiger partial charge on any atom is -0.269 e. The second kappa shape index (κ2) is 7.04. The number of sulfonamides is 1. The molecule has 0 aliphatic heterocycles. The van der Waals surface area contributed by atoms with Crippen LogP contribution < -0.4 is 4.31 Å². The highest BCUT2D eigenvalue weighted by molar-refractivity contribution is 7.93. The second-order valence-corrected chi connectivity index (χ2v) is 7.96. The zero-order chi connectivity index (χ0) is 18.0. The fraction of sp³-hybridized carbons (Fsp3) is 0.0556. The van der Waals surface area contributed by atoms with Crippen molar-refractivity contribution in [2.24, 2.45) is 0 Å². The summed E-state index contributed by atoms with van der Waals surface area (Å²) in [7, 11) is -2.40. The molecule has 0 radical (unpaired) electrons. The molecule has 4 nitrogen and oxygen atoms in total. The van der Waals surface area contributed by atoms with E-state index >= 15 is 0 Å². The number of para-hydroxylation sites is 1. The van der Waals surface area contributed by atoms with E-state index in [0.717, 1.165) is 11.1 Å². The molecule has 0 fully saturated rings. The molecule has 0 unspecified atom stereocenters. The van der Waals surface area contributed by atoms with Crippen molar-refractivity contribution in [1.82, 2.24) is 4.98 Å². The van der Waals surface area contributed by atoms with Gasteiger partial charge in [0, 0.05) is 12.6 Å². The molecule has 0 N–H and O–H groups in total. The molecule has 25 heavy (non-hydrogen) atoms. The number of pyridine rings is 1. The van der Waals surface area contributed by atoms with E-state index in [2.05, 4.69) is 4.98 Å². The van der Waals surface area contributed by atoms with E-state index < -0.39 is 10.0 Å². The van der Waals surface area contributed by atoms with Crippen molar-refractivity contribution in [3.05, 3.63) is 77.0 Å². The molecule has 0 amide bonds. The lowest BCUT2D eigenvalue weighted by Crippen LogP contribution is -2.27. The van der Waals surface area contributed by atoms with Crippen LogP contribution in [0.3, 0.4) is 0 Å². The van der Waals surface area contributed by atoms with E-state index in [0.29, 0.717) is 5.69 Å². The molecule has 0 bridgehead atoms. The van der Waals surface area contributed by atoms with Gasteiger partial charge in [0.2, 0.25) is 0 Å². The first kappa shape index (κ1) is 17.7. The van der Waals surface area contributed by atoms with Crippen molar-refractivity contribution in [2.75, 3.05) is 11.4 Å². The number of benzene rings is 2. The summed E-state index contributed by atoms with van der Waals surface area (Å²) in [6.45, 7) is 0. The normalized spacial score (nSPS) is 11.3. The number of hydrogen-bond acceptors (Lipinski definition) is 3. The first-order valence-electron chi connectivity index (χ1n) is 7.36. The van der Waals surface area contributed by atoms with Gasteiger partial charge in [-0.3, -0.25) is 4.31 Å². The molecule has 128 valence electrons. The number of hydrogen-bond donors (Lipinski definition) is 0. The molecule has 0 spiro atoms. The van der Waals surface area contributed by atoms with Gasteiger partial charge in [0.1, 0.15) is 10.0 Å². The van der Waals surface area contributed by atoms with Gasteiger partial charge in [0.15, 0.2) is 5.15 Å². The molecule has 0 saturated carbocycles. The average Bonchev–Trinajstić information content (AvgIpc) is 2.61. The summed E-state index contributed by atoms with van der Waals surface area (Å²) in [5.74, 6) is 0. The molecule has 1 heterocycles. The number of aromatic nitrogens is 1. The van der Waals surface area contributed by atoms with Gasteiger partial charge in [-0.05, 0) is 23.8 Å². The molecule has 1 aromatic heterocycles. The zero-order valence-electron chi connectivity index (χ0n) is 13.2.